The van der Waals surface area contributed by atoms with Gasteiger partial charge >= 0.3 is 0 Å². The summed E-state index contributed by atoms with van der Waals surface area (Å²) in [5, 5.41) is 2.59. The Morgan fingerprint density at radius 2 is 1.30 bits per heavy atom. The quantitative estimate of drug-likeness (QED) is 0.361. The number of nitrogens with one attached hydrogen (secondary N) is 1. The van der Waals surface area contributed by atoms with Gasteiger partial charge in [0.15, 0.2) is 0 Å². The first-order valence-corrected chi connectivity index (χ1v) is 4.98. The zero-order valence-corrected chi connectivity index (χ0v) is 9.09. The molecule has 0 amide bonds. The summed E-state index contributed by atoms with van der Waals surface area (Å²) >= 11 is 0. The van der Waals surface area contributed by atoms with Gasteiger partial charge in [-0.15, -0.1) is 12.4 Å². The third kappa shape index (κ3) is 73.5. The predicted molar refractivity (Wildman–Crippen MR) is 53.0 cm³/mol. The molecular weight excluding hydrogens is 169 g/mol. The van der Waals surface area contributed by atoms with Crippen LogP contribution < -0.4 is 11.0 Å². The van der Waals surface area contributed by atoms with Gasteiger partial charge in [-0.3, -0.25) is 5.84 Å². The lowest BCUT2D eigenvalue weighted by Crippen LogP contribution is -2.13. The number of hydrogen-bond acceptors (Lipinski definition) is 3. The highest BCUT2D eigenvalue weighted by Crippen LogP contribution is 2.12. The second-order valence-corrected chi connectivity index (χ2v) is 4.41. The molecule has 0 saturated heterocycles. The van der Waals surface area contributed by atoms with Crippen molar-refractivity contribution in [1.29, 1.82) is 0 Å². The fraction of sp³-hybridized carbons (Fsp3) is 1.00. The molecule has 10 heavy (non-hydrogen) atoms. The van der Waals surface area contributed by atoms with Crippen molar-refractivity contribution in [2.75, 3.05) is 34.5 Å². The summed E-state index contributed by atoms with van der Waals surface area (Å²) < 4.78 is 0. The highest BCUT2D eigenvalue weighted by molar-refractivity contribution is 7.53. The van der Waals surface area contributed by atoms with Gasteiger partial charge in [0.25, 0.3) is 0 Å². The van der Waals surface area contributed by atoms with Crippen LogP contribution in [0.15, 0.2) is 0 Å². The molecule has 0 aliphatic rings. The van der Waals surface area contributed by atoms with Gasteiger partial charge in [-0.05, 0) is 42.5 Å². The van der Waals surface area contributed by atoms with Gasteiger partial charge in [0.1, 0.15) is 0 Å². The van der Waals surface area contributed by atoms with Gasteiger partial charge in [-0.25, -0.2) is 5.20 Å². The van der Waals surface area contributed by atoms with Crippen LogP contribution in [-0.2, 0) is 0 Å². The van der Waals surface area contributed by atoms with Gasteiger partial charge < -0.3 is 4.90 Å². The van der Waals surface area contributed by atoms with E-state index in [1.54, 1.807) is 0 Å². The van der Waals surface area contributed by atoms with Crippen LogP contribution in [0.2, 0.25) is 0 Å². The van der Waals surface area contributed by atoms with E-state index in [4.69, 9.17) is 5.84 Å². The maximum Gasteiger partial charge on any atom is -0.0140 e. The number of nitrogens with zero attached hydrogens (tertiary/aromatic N) is 1. The highest BCUT2D eigenvalue weighted by Gasteiger charge is 1.76. The van der Waals surface area contributed by atoms with Crippen molar-refractivity contribution < 1.29 is 0 Å². The molecule has 0 aromatic rings. The number of hydrogen-bond donors (Lipinski definition) is 2. The number of hydrazine groups is 1. The molecule has 0 atom stereocenters. The molecule has 66 valence electrons. The van der Waals surface area contributed by atoms with Crippen LogP contribution in [0.4, 0.5) is 0 Å². The normalized spacial score (nSPS) is 8.40. The molecular formula is C5H19ClN3P. The van der Waals surface area contributed by atoms with Crippen LogP contribution in [0.5, 0.6) is 0 Å². The topological polar surface area (TPSA) is 41.3 Å². The van der Waals surface area contributed by atoms with Crippen molar-refractivity contribution in [3.05, 3.63) is 0 Å². The van der Waals surface area contributed by atoms with Crippen LogP contribution in [-0.4, -0.2) is 39.4 Å². The molecule has 0 spiro atoms. The molecule has 3 N–H and O–H groups in total. The average Bonchev–Trinajstić information content (AvgIpc) is 1.65. The number of halogens is 1. The standard InChI is InChI=1S/C3H9N.C2H9N2P.ClH/c1-4(2)3;1-5(2)4-3;/h1-3H3;4H,3H2,1-2H3;1H. The van der Waals surface area contributed by atoms with Crippen LogP contribution in [0.3, 0.4) is 0 Å². The van der Waals surface area contributed by atoms with Gasteiger partial charge in [-0.1, -0.05) is 0 Å². The van der Waals surface area contributed by atoms with Crippen molar-refractivity contribution in [3.63, 3.8) is 0 Å². The zero-order valence-electron chi connectivity index (χ0n) is 7.38. The van der Waals surface area contributed by atoms with Crippen molar-refractivity contribution >= 4 is 20.5 Å². The molecule has 5 heteroatoms. The predicted octanol–water partition coefficient (Wildman–Crippen LogP) is 0.706. The van der Waals surface area contributed by atoms with Gasteiger partial charge in [0, 0.05) is 0 Å². The molecule has 0 unspecified atom stereocenters. The Hall–Kier alpha value is 0.600. The fourth-order valence-electron chi connectivity index (χ4n) is 0. The minimum Gasteiger partial charge on any atom is -0.312 e. The van der Waals surface area contributed by atoms with E-state index in [0.29, 0.717) is 0 Å². The Morgan fingerprint density at radius 1 is 1.20 bits per heavy atom. The molecule has 0 saturated carbocycles. The van der Waals surface area contributed by atoms with Gasteiger partial charge in [-0.2, -0.15) is 0 Å². The molecule has 0 aliphatic heterocycles. The first kappa shape index (κ1) is 16.9. The molecule has 0 aromatic carbocycles. The summed E-state index contributed by atoms with van der Waals surface area (Å²) in [7, 11) is 5.93. The van der Waals surface area contributed by atoms with Crippen molar-refractivity contribution in [3.8, 4) is 0 Å². The monoisotopic (exact) mass is 187 g/mol. The Labute approximate surface area is 71.5 Å². The van der Waals surface area contributed by atoms with Crippen molar-refractivity contribution in [1.82, 2.24) is 10.1 Å². The van der Waals surface area contributed by atoms with Crippen LogP contribution in [0.1, 0.15) is 0 Å². The van der Waals surface area contributed by atoms with E-state index < -0.39 is 0 Å². The molecule has 0 fully saturated rings. The van der Waals surface area contributed by atoms with E-state index in [9.17, 15) is 0 Å². The van der Waals surface area contributed by atoms with E-state index >= 15 is 0 Å². The van der Waals surface area contributed by atoms with Crippen LogP contribution in [0.25, 0.3) is 0 Å². The minimum absolute atomic E-state index is 0. The maximum atomic E-state index is 4.95. The smallest absolute Gasteiger partial charge is 0.0140 e. The SMILES string of the molecule is CN(C)C.CP(C)NN.Cl. The van der Waals surface area contributed by atoms with E-state index in [1.165, 1.54) is 0 Å². The summed E-state index contributed by atoms with van der Waals surface area (Å²) in [5.74, 6) is 4.95. The lowest BCUT2D eigenvalue weighted by Gasteiger charge is -1.96. The zero-order chi connectivity index (χ0) is 7.86. The maximum absolute atomic E-state index is 4.95. The highest BCUT2D eigenvalue weighted by atomic mass is 35.5. The summed E-state index contributed by atoms with van der Waals surface area (Å²) in [6, 6.07) is 0. The van der Waals surface area contributed by atoms with Gasteiger partial charge in [0.05, 0.1) is 0 Å². The molecule has 0 aromatic heterocycles. The lowest BCUT2D eigenvalue weighted by atomic mass is 11.0. The molecule has 3 nitrogen and oxygen atoms in total. The van der Waals surface area contributed by atoms with E-state index in [1.807, 2.05) is 26.0 Å². The van der Waals surface area contributed by atoms with Crippen molar-refractivity contribution in [2.24, 2.45) is 5.84 Å². The second-order valence-electron chi connectivity index (χ2n) is 2.37. The molecule has 0 rings (SSSR count). The summed E-state index contributed by atoms with van der Waals surface area (Å²) in [5.41, 5.74) is 0. The van der Waals surface area contributed by atoms with E-state index in [0.717, 1.165) is 0 Å². The Morgan fingerprint density at radius 3 is 1.30 bits per heavy atom. The third-order valence-electron chi connectivity index (χ3n) is 0.258. The number of nitrogens with two attached hydrogens (primary N) is 1. The molecule has 0 heterocycles. The molecule has 0 radical (unpaired) electrons. The molecule has 0 bridgehead atoms. The Bertz CT molecular complexity index is 49.4. The Balaban J connectivity index is -0.0000000910. The lowest BCUT2D eigenvalue weighted by molar-refractivity contribution is 0.505. The van der Waals surface area contributed by atoms with E-state index in [-0.39, 0.29) is 20.5 Å². The largest absolute Gasteiger partial charge is 0.312 e. The third-order valence-corrected chi connectivity index (χ3v) is 0.775. The summed E-state index contributed by atoms with van der Waals surface area (Å²) in [6.07, 6.45) is 0. The first-order chi connectivity index (χ1) is 4.00. The average molecular weight is 188 g/mol. The molecule has 0 aliphatic carbocycles. The van der Waals surface area contributed by atoms with Crippen LogP contribution >= 0.6 is 20.5 Å². The minimum atomic E-state index is -0.0705. The Kier molecular flexibility index (Phi) is 20.8. The van der Waals surface area contributed by atoms with Crippen LogP contribution in [0, 0.1) is 0 Å². The fourth-order valence-corrected chi connectivity index (χ4v) is 0. The number of rotatable bonds is 1. The first-order valence-electron chi connectivity index (χ1n) is 2.75. The second kappa shape index (κ2) is 12.3. The summed E-state index contributed by atoms with van der Waals surface area (Å²) in [4.78, 5) is 2.00. The van der Waals surface area contributed by atoms with Crippen molar-refractivity contribution in [2.45, 2.75) is 0 Å². The summed E-state index contributed by atoms with van der Waals surface area (Å²) in [6.45, 7) is 4.10. The van der Waals surface area contributed by atoms with E-state index in [2.05, 4.69) is 18.5 Å². The van der Waals surface area contributed by atoms with Gasteiger partial charge in [0.2, 0.25) is 0 Å².